The largest absolute Gasteiger partial charge is 0.323 e. The number of rotatable bonds is 7. The van der Waals surface area contributed by atoms with Crippen LogP contribution in [0.4, 0.5) is 11.6 Å². The Morgan fingerprint density at radius 1 is 1.06 bits per heavy atom. The number of aromatic amines is 1. The van der Waals surface area contributed by atoms with E-state index in [0.29, 0.717) is 16.8 Å². The molecule has 2 aromatic heterocycles. The lowest BCUT2D eigenvalue weighted by atomic mass is 10.1. The minimum Gasteiger partial charge on any atom is -0.323 e. The number of halogens is 2. The van der Waals surface area contributed by atoms with Gasteiger partial charge >= 0.3 is 0 Å². The van der Waals surface area contributed by atoms with E-state index >= 15 is 0 Å². The van der Waals surface area contributed by atoms with Gasteiger partial charge in [0, 0.05) is 34.5 Å². The number of hydrogen-bond donors (Lipinski definition) is 3. The van der Waals surface area contributed by atoms with Crippen molar-refractivity contribution in [3.8, 4) is 11.4 Å². The fourth-order valence-electron chi connectivity index (χ4n) is 3.32. The summed E-state index contributed by atoms with van der Waals surface area (Å²) in [6, 6.07) is 19.7. The molecule has 0 saturated heterocycles. The van der Waals surface area contributed by atoms with E-state index in [1.807, 2.05) is 55.6 Å². The minimum atomic E-state index is 0.582. The number of nitrogens with one attached hydrogen (secondary N) is 3. The molecular formula is C23H19Cl2N7S. The Hall–Kier alpha value is -3.04. The summed E-state index contributed by atoms with van der Waals surface area (Å²) in [7, 11) is 1.84. The zero-order valence-electron chi connectivity index (χ0n) is 17.5. The number of anilines is 2. The van der Waals surface area contributed by atoms with Crippen LogP contribution in [0, 0.1) is 0 Å². The highest BCUT2D eigenvalue weighted by Gasteiger charge is 2.13. The summed E-state index contributed by atoms with van der Waals surface area (Å²) >= 11 is 14.1. The molecule has 0 aliphatic carbocycles. The van der Waals surface area contributed by atoms with Crippen LogP contribution in [0.3, 0.4) is 0 Å². The van der Waals surface area contributed by atoms with E-state index in [1.165, 1.54) is 0 Å². The first-order valence-electron chi connectivity index (χ1n) is 10.1. The summed E-state index contributed by atoms with van der Waals surface area (Å²) in [5.41, 5.74) is 3.71. The van der Waals surface area contributed by atoms with Crippen molar-refractivity contribution >= 4 is 57.7 Å². The highest BCUT2D eigenvalue weighted by molar-refractivity contribution is 7.97. The van der Waals surface area contributed by atoms with Crippen molar-refractivity contribution in [1.82, 2.24) is 29.7 Å². The number of fused-ring (bicyclic) bond motifs is 1. The lowest BCUT2D eigenvalue weighted by molar-refractivity contribution is 0.778. The third kappa shape index (κ3) is 4.84. The number of hydrogen-bond acceptors (Lipinski definition) is 6. The molecule has 0 unspecified atom stereocenters. The van der Waals surface area contributed by atoms with E-state index in [4.69, 9.17) is 23.2 Å². The van der Waals surface area contributed by atoms with Crippen LogP contribution >= 0.6 is 35.1 Å². The molecule has 5 aromatic rings. The highest BCUT2D eigenvalue weighted by atomic mass is 35.5. The molecule has 33 heavy (non-hydrogen) atoms. The Balaban J connectivity index is 1.26. The quantitative estimate of drug-likeness (QED) is 0.233. The van der Waals surface area contributed by atoms with Crippen molar-refractivity contribution in [1.29, 1.82) is 0 Å². The lowest BCUT2D eigenvalue weighted by Crippen LogP contribution is -2.02. The maximum Gasteiger partial charge on any atom is 0.225 e. The molecule has 0 bridgehead atoms. The van der Waals surface area contributed by atoms with Gasteiger partial charge in [0.25, 0.3) is 0 Å². The Morgan fingerprint density at radius 2 is 1.91 bits per heavy atom. The first-order chi connectivity index (χ1) is 16.1. The zero-order valence-corrected chi connectivity index (χ0v) is 19.8. The number of aromatic nitrogens is 5. The maximum absolute atomic E-state index is 6.52. The summed E-state index contributed by atoms with van der Waals surface area (Å²) in [6.07, 6.45) is 1.70. The van der Waals surface area contributed by atoms with Crippen LogP contribution < -0.4 is 10.0 Å². The molecule has 0 atom stereocenters. The van der Waals surface area contributed by atoms with Crippen molar-refractivity contribution < 1.29 is 0 Å². The molecular weight excluding hydrogens is 477 g/mol. The van der Waals surface area contributed by atoms with Gasteiger partial charge in [-0.05, 0) is 47.8 Å². The van der Waals surface area contributed by atoms with Crippen LogP contribution in [0.5, 0.6) is 0 Å². The molecule has 10 heteroatoms. The number of aryl methyl sites for hydroxylation is 1. The van der Waals surface area contributed by atoms with Crippen molar-refractivity contribution in [2.24, 2.45) is 7.05 Å². The summed E-state index contributed by atoms with van der Waals surface area (Å²) in [5.74, 6) is 1.23. The SMILES string of the molecule is Cn1nc(-c2ccc(CNSc3cccc(Cl)c3)cc2)nc1Nc1ccc2[nH]ncc2c1Cl. The standard InChI is InChI=1S/C23H19Cl2N7S/c1-32-23(28-20-10-9-19-18(21(20)25)13-26-30-19)29-22(31-32)15-7-5-14(6-8-15)12-27-33-17-4-2-3-16(24)11-17/h2-11,13,27H,12H2,1H3,(H,26,30)(H,28,29,31). The van der Waals surface area contributed by atoms with Gasteiger partial charge in [0.2, 0.25) is 5.95 Å². The van der Waals surface area contributed by atoms with Crippen LogP contribution in [0.25, 0.3) is 22.3 Å². The van der Waals surface area contributed by atoms with Crippen LogP contribution in [-0.4, -0.2) is 25.0 Å². The van der Waals surface area contributed by atoms with Crippen molar-refractivity contribution in [3.05, 3.63) is 82.5 Å². The van der Waals surface area contributed by atoms with Crippen LogP contribution in [-0.2, 0) is 13.6 Å². The number of nitrogens with zero attached hydrogens (tertiary/aromatic N) is 4. The van der Waals surface area contributed by atoms with Gasteiger partial charge < -0.3 is 5.32 Å². The highest BCUT2D eigenvalue weighted by Crippen LogP contribution is 2.32. The van der Waals surface area contributed by atoms with Gasteiger partial charge in [-0.25, -0.2) is 4.68 Å². The Morgan fingerprint density at radius 3 is 2.73 bits per heavy atom. The maximum atomic E-state index is 6.52. The van der Waals surface area contributed by atoms with E-state index in [-0.39, 0.29) is 0 Å². The van der Waals surface area contributed by atoms with Gasteiger partial charge in [-0.15, -0.1) is 5.10 Å². The smallest absolute Gasteiger partial charge is 0.225 e. The van der Waals surface area contributed by atoms with Gasteiger partial charge in [-0.2, -0.15) is 10.1 Å². The Bertz CT molecular complexity index is 1410. The molecule has 0 radical (unpaired) electrons. The summed E-state index contributed by atoms with van der Waals surface area (Å²) < 4.78 is 5.05. The molecule has 3 N–H and O–H groups in total. The fourth-order valence-corrected chi connectivity index (χ4v) is 4.57. The molecule has 166 valence electrons. The third-order valence-electron chi connectivity index (χ3n) is 5.04. The Kier molecular flexibility index (Phi) is 6.24. The molecule has 0 amide bonds. The first-order valence-corrected chi connectivity index (χ1v) is 11.7. The van der Waals surface area contributed by atoms with E-state index in [9.17, 15) is 0 Å². The van der Waals surface area contributed by atoms with E-state index in [2.05, 4.69) is 42.5 Å². The topological polar surface area (TPSA) is 83.5 Å². The molecule has 3 aromatic carbocycles. The number of benzene rings is 3. The molecule has 7 nitrogen and oxygen atoms in total. The predicted molar refractivity (Wildman–Crippen MR) is 135 cm³/mol. The van der Waals surface area contributed by atoms with Crippen LogP contribution in [0.2, 0.25) is 10.0 Å². The zero-order chi connectivity index (χ0) is 22.8. The minimum absolute atomic E-state index is 0.582. The van der Waals surface area contributed by atoms with Gasteiger partial charge in [0.1, 0.15) is 0 Å². The monoisotopic (exact) mass is 495 g/mol. The first kappa shape index (κ1) is 21.8. The van der Waals surface area contributed by atoms with Gasteiger partial charge in [-0.1, -0.05) is 53.5 Å². The fraction of sp³-hybridized carbons (Fsp3) is 0.0870. The third-order valence-corrected chi connectivity index (χ3v) is 6.46. The predicted octanol–water partition coefficient (Wildman–Crippen LogP) is 6.21. The van der Waals surface area contributed by atoms with Gasteiger partial charge in [0.15, 0.2) is 5.82 Å². The van der Waals surface area contributed by atoms with E-state index in [0.717, 1.165) is 44.2 Å². The number of H-pyrrole nitrogens is 1. The second-order valence-corrected chi connectivity index (χ2v) is 9.12. The van der Waals surface area contributed by atoms with Crippen molar-refractivity contribution in [3.63, 3.8) is 0 Å². The molecule has 5 rings (SSSR count). The van der Waals surface area contributed by atoms with Crippen LogP contribution in [0.1, 0.15) is 5.56 Å². The molecule has 2 heterocycles. The van der Waals surface area contributed by atoms with Crippen molar-refractivity contribution in [2.75, 3.05) is 5.32 Å². The normalized spacial score (nSPS) is 11.2. The van der Waals surface area contributed by atoms with Crippen molar-refractivity contribution in [2.45, 2.75) is 11.4 Å². The second kappa shape index (κ2) is 9.44. The lowest BCUT2D eigenvalue weighted by Gasteiger charge is -2.07. The molecule has 0 aliphatic rings. The Labute approximate surface area is 204 Å². The second-order valence-electron chi connectivity index (χ2n) is 7.34. The van der Waals surface area contributed by atoms with Gasteiger partial charge in [0.05, 0.1) is 22.4 Å². The summed E-state index contributed by atoms with van der Waals surface area (Å²) in [4.78, 5) is 5.72. The average molecular weight is 496 g/mol. The molecule has 0 aliphatic heterocycles. The van der Waals surface area contributed by atoms with Gasteiger partial charge in [-0.3, -0.25) is 9.82 Å². The molecule has 0 spiro atoms. The summed E-state index contributed by atoms with van der Waals surface area (Å²) in [5, 5.41) is 16.9. The van der Waals surface area contributed by atoms with E-state index < -0.39 is 0 Å². The van der Waals surface area contributed by atoms with E-state index in [1.54, 1.807) is 22.8 Å². The van der Waals surface area contributed by atoms with Crippen LogP contribution in [0.15, 0.2) is 71.8 Å². The average Bonchev–Trinajstić information content (AvgIpc) is 3.44. The summed E-state index contributed by atoms with van der Waals surface area (Å²) in [6.45, 7) is 0.717. The molecule has 0 saturated carbocycles. The molecule has 0 fully saturated rings.